The summed E-state index contributed by atoms with van der Waals surface area (Å²) in [5.74, 6) is -1.30. The molecule has 1 aromatic carbocycles. The monoisotopic (exact) mass is 294 g/mol. The highest BCUT2D eigenvalue weighted by atomic mass is 19.1. The van der Waals surface area contributed by atoms with Gasteiger partial charge in [-0.3, -0.25) is 4.79 Å². The number of nitrogens with zero attached hydrogens (tertiary/aromatic N) is 1. The molecular formula is C15H19FN2O3. The van der Waals surface area contributed by atoms with Crippen LogP contribution in [0.4, 0.5) is 10.1 Å². The van der Waals surface area contributed by atoms with Gasteiger partial charge in [0.2, 0.25) is 5.91 Å². The molecule has 1 aromatic rings. The summed E-state index contributed by atoms with van der Waals surface area (Å²) >= 11 is 0. The van der Waals surface area contributed by atoms with Gasteiger partial charge >= 0.3 is 5.97 Å². The molecule has 2 N–H and O–H groups in total. The van der Waals surface area contributed by atoms with Crippen LogP contribution in [0.3, 0.4) is 0 Å². The first-order chi connectivity index (χ1) is 9.97. The number of carbonyl (C=O) groups is 2. The summed E-state index contributed by atoms with van der Waals surface area (Å²) in [6.07, 6.45) is 1.74. The van der Waals surface area contributed by atoms with Gasteiger partial charge in [-0.25, -0.2) is 9.18 Å². The summed E-state index contributed by atoms with van der Waals surface area (Å²) < 4.78 is 13.2. The van der Waals surface area contributed by atoms with E-state index in [0.29, 0.717) is 31.2 Å². The average molecular weight is 294 g/mol. The van der Waals surface area contributed by atoms with Gasteiger partial charge in [-0.2, -0.15) is 0 Å². The van der Waals surface area contributed by atoms with E-state index in [1.165, 1.54) is 19.1 Å². The number of halogens is 1. The number of carboxylic acid groups (broad SMARTS) is 1. The number of benzene rings is 1. The van der Waals surface area contributed by atoms with Crippen LogP contribution in [-0.2, 0) is 4.79 Å². The van der Waals surface area contributed by atoms with Crippen molar-refractivity contribution in [3.05, 3.63) is 29.6 Å². The molecule has 6 heteroatoms. The molecule has 1 aliphatic heterocycles. The lowest BCUT2D eigenvalue weighted by Crippen LogP contribution is -2.38. The third-order valence-corrected chi connectivity index (χ3v) is 3.78. The van der Waals surface area contributed by atoms with E-state index in [2.05, 4.69) is 5.32 Å². The van der Waals surface area contributed by atoms with Gasteiger partial charge in [0.15, 0.2) is 0 Å². The Morgan fingerprint density at radius 2 is 2.05 bits per heavy atom. The van der Waals surface area contributed by atoms with Crippen molar-refractivity contribution < 1.29 is 19.1 Å². The lowest BCUT2D eigenvalue weighted by Gasteiger charge is -2.34. The van der Waals surface area contributed by atoms with E-state index in [9.17, 15) is 19.1 Å². The zero-order valence-electron chi connectivity index (χ0n) is 11.9. The van der Waals surface area contributed by atoms with Gasteiger partial charge in [-0.15, -0.1) is 0 Å². The number of aromatic carboxylic acids is 1. The zero-order valence-corrected chi connectivity index (χ0v) is 11.9. The molecule has 0 unspecified atom stereocenters. The van der Waals surface area contributed by atoms with Crippen molar-refractivity contribution in [3.63, 3.8) is 0 Å². The number of hydrogen-bond acceptors (Lipinski definition) is 3. The Kier molecular flexibility index (Phi) is 4.77. The molecule has 0 aromatic heterocycles. The minimum Gasteiger partial charge on any atom is -0.478 e. The number of rotatable bonds is 4. The molecule has 0 aliphatic carbocycles. The van der Waals surface area contributed by atoms with Gasteiger partial charge in [-0.05, 0) is 37.0 Å². The molecule has 5 nitrogen and oxygen atoms in total. The number of nitrogens with one attached hydrogen (secondary N) is 1. The van der Waals surface area contributed by atoms with Crippen molar-refractivity contribution in [2.24, 2.45) is 5.92 Å². The largest absolute Gasteiger partial charge is 0.478 e. The van der Waals surface area contributed by atoms with E-state index >= 15 is 0 Å². The van der Waals surface area contributed by atoms with E-state index in [-0.39, 0.29) is 11.5 Å². The van der Waals surface area contributed by atoms with E-state index in [4.69, 9.17) is 0 Å². The molecule has 0 atom stereocenters. The maximum Gasteiger partial charge on any atom is 0.337 e. The Hall–Kier alpha value is -2.11. The molecule has 0 saturated carbocycles. The molecule has 0 radical (unpaired) electrons. The van der Waals surface area contributed by atoms with Gasteiger partial charge in [0.25, 0.3) is 0 Å². The van der Waals surface area contributed by atoms with Gasteiger partial charge in [0.05, 0.1) is 11.3 Å². The molecule has 1 heterocycles. The molecule has 114 valence electrons. The Morgan fingerprint density at radius 1 is 1.38 bits per heavy atom. The quantitative estimate of drug-likeness (QED) is 0.889. The molecule has 0 bridgehead atoms. The SMILES string of the molecule is CC(=O)NCC1CCN(c2ccc(F)cc2C(=O)O)CC1. The lowest BCUT2D eigenvalue weighted by atomic mass is 9.95. The highest BCUT2D eigenvalue weighted by Crippen LogP contribution is 2.27. The predicted octanol–water partition coefficient (Wildman–Crippen LogP) is 1.88. The van der Waals surface area contributed by atoms with Crippen LogP contribution >= 0.6 is 0 Å². The van der Waals surface area contributed by atoms with Crippen molar-refractivity contribution in [2.75, 3.05) is 24.5 Å². The molecule has 2 rings (SSSR count). The summed E-state index contributed by atoms with van der Waals surface area (Å²) in [6, 6.07) is 3.86. The van der Waals surface area contributed by atoms with Crippen LogP contribution in [0.2, 0.25) is 0 Å². The summed E-state index contributed by atoms with van der Waals surface area (Å²) in [6.45, 7) is 3.55. The third kappa shape index (κ3) is 3.93. The number of carboxylic acids is 1. The van der Waals surface area contributed by atoms with Gasteiger partial charge in [0, 0.05) is 26.6 Å². The second kappa shape index (κ2) is 6.56. The van der Waals surface area contributed by atoms with Crippen LogP contribution in [0.5, 0.6) is 0 Å². The summed E-state index contributed by atoms with van der Waals surface area (Å²) in [5, 5.41) is 12.0. The van der Waals surface area contributed by atoms with Crippen LogP contribution < -0.4 is 10.2 Å². The van der Waals surface area contributed by atoms with Crippen LogP contribution in [0.15, 0.2) is 18.2 Å². The van der Waals surface area contributed by atoms with Crippen molar-refractivity contribution in [3.8, 4) is 0 Å². The Labute approximate surface area is 122 Å². The molecule has 1 saturated heterocycles. The fraction of sp³-hybridized carbons (Fsp3) is 0.467. The Balaban J connectivity index is 2.02. The standard InChI is InChI=1S/C15H19FN2O3/c1-10(19)17-9-11-4-6-18(7-5-11)14-3-2-12(16)8-13(14)15(20)21/h2-3,8,11H,4-7,9H2,1H3,(H,17,19)(H,20,21). The molecule has 0 spiro atoms. The predicted molar refractivity (Wildman–Crippen MR) is 77.0 cm³/mol. The number of amides is 1. The normalized spacial score (nSPS) is 15.8. The first kappa shape index (κ1) is 15.3. The molecule has 21 heavy (non-hydrogen) atoms. The Bertz CT molecular complexity index is 540. The fourth-order valence-electron chi connectivity index (χ4n) is 2.62. The maximum atomic E-state index is 13.2. The fourth-order valence-corrected chi connectivity index (χ4v) is 2.62. The lowest BCUT2D eigenvalue weighted by molar-refractivity contribution is -0.119. The third-order valence-electron chi connectivity index (χ3n) is 3.78. The van der Waals surface area contributed by atoms with Crippen LogP contribution in [-0.4, -0.2) is 36.6 Å². The van der Waals surface area contributed by atoms with Gasteiger partial charge in [-0.1, -0.05) is 0 Å². The number of hydrogen-bond donors (Lipinski definition) is 2. The average Bonchev–Trinajstić information content (AvgIpc) is 2.45. The van der Waals surface area contributed by atoms with E-state index in [1.54, 1.807) is 0 Å². The molecule has 1 fully saturated rings. The smallest absolute Gasteiger partial charge is 0.337 e. The van der Waals surface area contributed by atoms with Crippen LogP contribution in [0, 0.1) is 11.7 Å². The number of piperidine rings is 1. The van der Waals surface area contributed by atoms with E-state index in [1.807, 2.05) is 4.90 Å². The molecule has 1 aliphatic rings. The van der Waals surface area contributed by atoms with Gasteiger partial charge < -0.3 is 15.3 Å². The summed E-state index contributed by atoms with van der Waals surface area (Å²) in [4.78, 5) is 24.1. The van der Waals surface area contributed by atoms with Crippen molar-refractivity contribution in [1.82, 2.24) is 5.32 Å². The maximum absolute atomic E-state index is 13.2. The van der Waals surface area contributed by atoms with E-state index in [0.717, 1.165) is 18.9 Å². The number of anilines is 1. The summed E-state index contributed by atoms with van der Waals surface area (Å²) in [7, 11) is 0. The van der Waals surface area contributed by atoms with Crippen molar-refractivity contribution in [1.29, 1.82) is 0 Å². The highest BCUT2D eigenvalue weighted by molar-refractivity contribution is 5.94. The van der Waals surface area contributed by atoms with Crippen LogP contribution in [0.25, 0.3) is 0 Å². The van der Waals surface area contributed by atoms with Gasteiger partial charge in [0.1, 0.15) is 5.82 Å². The number of carbonyl (C=O) groups excluding carboxylic acids is 1. The second-order valence-corrected chi connectivity index (χ2v) is 5.33. The highest BCUT2D eigenvalue weighted by Gasteiger charge is 2.23. The topological polar surface area (TPSA) is 69.6 Å². The van der Waals surface area contributed by atoms with Crippen molar-refractivity contribution >= 4 is 17.6 Å². The van der Waals surface area contributed by atoms with E-state index < -0.39 is 11.8 Å². The van der Waals surface area contributed by atoms with Crippen LogP contribution in [0.1, 0.15) is 30.1 Å². The van der Waals surface area contributed by atoms with Crippen molar-refractivity contribution in [2.45, 2.75) is 19.8 Å². The second-order valence-electron chi connectivity index (χ2n) is 5.33. The summed E-state index contributed by atoms with van der Waals surface area (Å²) in [5.41, 5.74) is 0.553. The molecular weight excluding hydrogens is 275 g/mol. The minimum atomic E-state index is -1.12. The Morgan fingerprint density at radius 3 is 2.62 bits per heavy atom. The minimum absolute atomic E-state index is 0.00434. The zero-order chi connectivity index (χ0) is 15.4. The molecule has 1 amide bonds. The first-order valence-electron chi connectivity index (χ1n) is 6.99. The first-order valence-corrected chi connectivity index (χ1v) is 6.99.